The van der Waals surface area contributed by atoms with Gasteiger partial charge in [0.05, 0.1) is 10.7 Å². The molecule has 1 aromatic carbocycles. The standard InChI is InChI=1S/C13H14Cl2N2S/c1-8-17-10(7-18-8)6-13(16-2)11-4-3-9(14)5-12(11)15/h3-5,7,13,16H,6H2,1-2H3. The van der Waals surface area contributed by atoms with E-state index in [9.17, 15) is 0 Å². The third-order valence-electron chi connectivity index (χ3n) is 2.77. The number of hydrogen-bond donors (Lipinski definition) is 1. The number of hydrogen-bond acceptors (Lipinski definition) is 3. The van der Waals surface area contributed by atoms with E-state index in [2.05, 4.69) is 15.7 Å². The summed E-state index contributed by atoms with van der Waals surface area (Å²) in [6.45, 7) is 2.01. The summed E-state index contributed by atoms with van der Waals surface area (Å²) in [5, 5.41) is 7.79. The van der Waals surface area contributed by atoms with Crippen molar-refractivity contribution < 1.29 is 0 Å². The highest BCUT2D eigenvalue weighted by atomic mass is 35.5. The normalized spacial score (nSPS) is 12.7. The van der Waals surface area contributed by atoms with Crippen LogP contribution in [0.2, 0.25) is 10.0 Å². The smallest absolute Gasteiger partial charge is 0.0897 e. The summed E-state index contributed by atoms with van der Waals surface area (Å²) in [5.74, 6) is 0. The Morgan fingerprint density at radius 2 is 2.17 bits per heavy atom. The van der Waals surface area contributed by atoms with Crippen molar-refractivity contribution in [2.75, 3.05) is 7.05 Å². The predicted molar refractivity (Wildman–Crippen MR) is 78.8 cm³/mol. The van der Waals surface area contributed by atoms with E-state index in [1.165, 1.54) is 0 Å². The first kappa shape index (κ1) is 13.8. The summed E-state index contributed by atoms with van der Waals surface area (Å²) in [6.07, 6.45) is 0.822. The lowest BCUT2D eigenvalue weighted by Crippen LogP contribution is -2.19. The molecule has 2 nitrogen and oxygen atoms in total. The minimum Gasteiger partial charge on any atom is -0.313 e. The SMILES string of the molecule is CNC(Cc1csc(C)n1)c1ccc(Cl)cc1Cl. The van der Waals surface area contributed by atoms with Gasteiger partial charge in [-0.3, -0.25) is 0 Å². The van der Waals surface area contributed by atoms with Crippen LogP contribution in [0.1, 0.15) is 22.3 Å². The molecule has 2 aromatic rings. The topological polar surface area (TPSA) is 24.9 Å². The molecule has 0 aliphatic carbocycles. The van der Waals surface area contributed by atoms with Crippen molar-refractivity contribution in [3.63, 3.8) is 0 Å². The molecule has 0 radical (unpaired) electrons. The Kier molecular flexibility index (Phi) is 4.62. The summed E-state index contributed by atoms with van der Waals surface area (Å²) in [7, 11) is 1.93. The molecular weight excluding hydrogens is 287 g/mol. The van der Waals surface area contributed by atoms with Gasteiger partial charge in [-0.15, -0.1) is 11.3 Å². The fraction of sp³-hybridized carbons (Fsp3) is 0.308. The molecule has 1 aromatic heterocycles. The van der Waals surface area contributed by atoms with Crippen LogP contribution in [0.15, 0.2) is 23.6 Å². The van der Waals surface area contributed by atoms with Crippen LogP contribution >= 0.6 is 34.5 Å². The van der Waals surface area contributed by atoms with Crippen LogP contribution in [0.5, 0.6) is 0 Å². The average Bonchev–Trinajstić information content (AvgIpc) is 2.72. The summed E-state index contributed by atoms with van der Waals surface area (Å²) >= 11 is 13.8. The van der Waals surface area contributed by atoms with E-state index < -0.39 is 0 Å². The van der Waals surface area contributed by atoms with Gasteiger partial charge in [0, 0.05) is 27.9 Å². The van der Waals surface area contributed by atoms with Crippen LogP contribution in [0.25, 0.3) is 0 Å². The molecule has 1 unspecified atom stereocenters. The molecule has 1 atom stereocenters. The van der Waals surface area contributed by atoms with Crippen LogP contribution in [0.3, 0.4) is 0 Å². The molecule has 96 valence electrons. The second-order valence-corrected chi connectivity index (χ2v) is 5.97. The second kappa shape index (κ2) is 6.02. The number of rotatable bonds is 4. The second-order valence-electron chi connectivity index (χ2n) is 4.07. The van der Waals surface area contributed by atoms with Crippen LogP contribution in [-0.4, -0.2) is 12.0 Å². The Labute approximate surface area is 121 Å². The molecule has 18 heavy (non-hydrogen) atoms. The fourth-order valence-electron chi connectivity index (χ4n) is 1.86. The Balaban J connectivity index is 2.22. The molecule has 2 rings (SSSR count). The summed E-state index contributed by atoms with van der Waals surface area (Å²) in [6, 6.07) is 5.75. The van der Waals surface area contributed by atoms with Crippen molar-refractivity contribution in [1.82, 2.24) is 10.3 Å². The quantitative estimate of drug-likeness (QED) is 0.912. The minimum absolute atomic E-state index is 0.149. The molecular formula is C13H14Cl2N2S. The first-order valence-electron chi connectivity index (χ1n) is 5.63. The van der Waals surface area contributed by atoms with Crippen molar-refractivity contribution in [3.8, 4) is 0 Å². The lowest BCUT2D eigenvalue weighted by Gasteiger charge is -2.17. The maximum Gasteiger partial charge on any atom is 0.0897 e. The zero-order valence-corrected chi connectivity index (χ0v) is 12.5. The molecule has 1 N–H and O–H groups in total. The minimum atomic E-state index is 0.149. The number of nitrogens with one attached hydrogen (secondary N) is 1. The van der Waals surface area contributed by atoms with Crippen molar-refractivity contribution in [2.24, 2.45) is 0 Å². The zero-order valence-electron chi connectivity index (χ0n) is 10.2. The van der Waals surface area contributed by atoms with Gasteiger partial charge in [0.2, 0.25) is 0 Å². The molecule has 0 aliphatic heterocycles. The van der Waals surface area contributed by atoms with E-state index >= 15 is 0 Å². The Morgan fingerprint density at radius 1 is 1.39 bits per heavy atom. The van der Waals surface area contributed by atoms with E-state index in [0.717, 1.165) is 22.7 Å². The summed E-state index contributed by atoms with van der Waals surface area (Å²) in [4.78, 5) is 4.48. The van der Waals surface area contributed by atoms with Gasteiger partial charge in [0.25, 0.3) is 0 Å². The van der Waals surface area contributed by atoms with Gasteiger partial charge in [0.15, 0.2) is 0 Å². The first-order valence-corrected chi connectivity index (χ1v) is 7.27. The lowest BCUT2D eigenvalue weighted by molar-refractivity contribution is 0.586. The lowest BCUT2D eigenvalue weighted by atomic mass is 10.0. The maximum absolute atomic E-state index is 6.23. The molecule has 1 heterocycles. The van der Waals surface area contributed by atoms with Crippen molar-refractivity contribution in [2.45, 2.75) is 19.4 Å². The van der Waals surface area contributed by atoms with Gasteiger partial charge >= 0.3 is 0 Å². The van der Waals surface area contributed by atoms with Crippen LogP contribution in [0, 0.1) is 6.92 Å². The van der Waals surface area contributed by atoms with Crippen LogP contribution in [0.4, 0.5) is 0 Å². The van der Waals surface area contributed by atoms with Gasteiger partial charge in [-0.05, 0) is 31.7 Å². The van der Waals surface area contributed by atoms with Gasteiger partial charge in [-0.1, -0.05) is 29.3 Å². The Bertz CT molecular complexity index is 540. The number of aromatic nitrogens is 1. The molecule has 0 fully saturated rings. The average molecular weight is 301 g/mol. The number of nitrogens with zero attached hydrogens (tertiary/aromatic N) is 1. The molecule has 0 spiro atoms. The monoisotopic (exact) mass is 300 g/mol. The van der Waals surface area contributed by atoms with E-state index in [1.807, 2.05) is 26.1 Å². The van der Waals surface area contributed by atoms with Gasteiger partial charge < -0.3 is 5.32 Å². The number of likely N-dealkylation sites (N-methyl/N-ethyl adjacent to an activating group) is 1. The number of halogens is 2. The third-order valence-corrected chi connectivity index (χ3v) is 4.15. The van der Waals surface area contributed by atoms with Gasteiger partial charge in [0.1, 0.15) is 0 Å². The third kappa shape index (κ3) is 3.23. The summed E-state index contributed by atoms with van der Waals surface area (Å²) < 4.78 is 0. The Morgan fingerprint density at radius 3 is 2.72 bits per heavy atom. The fourth-order valence-corrected chi connectivity index (χ4v) is 3.03. The van der Waals surface area contributed by atoms with E-state index in [1.54, 1.807) is 17.4 Å². The zero-order chi connectivity index (χ0) is 13.1. The molecule has 0 amide bonds. The Hall–Kier alpha value is -0.610. The first-order chi connectivity index (χ1) is 8.60. The van der Waals surface area contributed by atoms with Gasteiger partial charge in [-0.2, -0.15) is 0 Å². The molecule has 0 saturated carbocycles. The van der Waals surface area contributed by atoms with E-state index in [4.69, 9.17) is 23.2 Å². The summed E-state index contributed by atoms with van der Waals surface area (Å²) in [5.41, 5.74) is 2.14. The molecule has 0 saturated heterocycles. The number of thiazole rings is 1. The molecule has 0 aliphatic rings. The van der Waals surface area contributed by atoms with Gasteiger partial charge in [-0.25, -0.2) is 4.98 Å². The molecule has 5 heteroatoms. The van der Waals surface area contributed by atoms with E-state index in [0.29, 0.717) is 10.0 Å². The highest BCUT2D eigenvalue weighted by Gasteiger charge is 2.15. The maximum atomic E-state index is 6.23. The predicted octanol–water partition coefficient (Wildman–Crippen LogP) is 4.26. The van der Waals surface area contributed by atoms with Crippen molar-refractivity contribution in [1.29, 1.82) is 0 Å². The largest absolute Gasteiger partial charge is 0.313 e. The molecule has 0 bridgehead atoms. The van der Waals surface area contributed by atoms with Crippen molar-refractivity contribution >= 4 is 34.5 Å². The van der Waals surface area contributed by atoms with E-state index in [-0.39, 0.29) is 6.04 Å². The van der Waals surface area contributed by atoms with Crippen molar-refractivity contribution in [3.05, 3.63) is 49.9 Å². The number of aryl methyl sites for hydroxylation is 1. The van der Waals surface area contributed by atoms with Crippen LogP contribution in [-0.2, 0) is 6.42 Å². The highest BCUT2D eigenvalue weighted by molar-refractivity contribution is 7.09. The number of benzene rings is 1. The van der Waals surface area contributed by atoms with Crippen LogP contribution < -0.4 is 5.32 Å². The highest BCUT2D eigenvalue weighted by Crippen LogP contribution is 2.28.